The van der Waals surface area contributed by atoms with Gasteiger partial charge in [0.2, 0.25) is 11.9 Å². The summed E-state index contributed by atoms with van der Waals surface area (Å²) in [4.78, 5) is 48.6. The molecule has 8 rings (SSSR count). The van der Waals surface area contributed by atoms with E-state index in [-0.39, 0.29) is 11.8 Å². The van der Waals surface area contributed by atoms with Crippen molar-refractivity contribution in [3.63, 3.8) is 0 Å². The molecule has 4 heterocycles. The van der Waals surface area contributed by atoms with E-state index in [0.29, 0.717) is 13.1 Å². The van der Waals surface area contributed by atoms with Gasteiger partial charge in [-0.1, -0.05) is 48.2 Å². The zero-order valence-electron chi connectivity index (χ0n) is 28.9. The number of hydrogen-bond acceptors (Lipinski definition) is 8. The van der Waals surface area contributed by atoms with E-state index in [1.165, 1.54) is 44.1 Å². The summed E-state index contributed by atoms with van der Waals surface area (Å²) < 4.78 is 0. The minimum Gasteiger partial charge on any atom is -0.340 e. The predicted molar refractivity (Wildman–Crippen MR) is 191 cm³/mol. The second kappa shape index (κ2) is 14.8. The van der Waals surface area contributed by atoms with Gasteiger partial charge in [-0.15, -0.1) is 0 Å². The van der Waals surface area contributed by atoms with Crippen molar-refractivity contribution in [2.24, 2.45) is 9.98 Å². The van der Waals surface area contributed by atoms with Gasteiger partial charge in [-0.3, -0.25) is 39.2 Å². The van der Waals surface area contributed by atoms with Crippen molar-refractivity contribution in [1.29, 1.82) is 0 Å². The van der Waals surface area contributed by atoms with Gasteiger partial charge in [0.15, 0.2) is 0 Å². The minimum absolute atomic E-state index is 0.0765. The van der Waals surface area contributed by atoms with Gasteiger partial charge in [0.05, 0.1) is 13.1 Å². The van der Waals surface area contributed by atoms with Gasteiger partial charge in [0.25, 0.3) is 11.8 Å². The molecule has 2 aromatic carbocycles. The van der Waals surface area contributed by atoms with Gasteiger partial charge in [-0.25, -0.2) is 0 Å². The highest BCUT2D eigenvalue weighted by molar-refractivity contribution is 6.07. The Morgan fingerprint density at radius 1 is 0.562 bits per heavy atom. The molecule has 2 aromatic rings. The summed E-state index contributed by atoms with van der Waals surface area (Å²) in [6.07, 6.45) is 8.21. The maximum absolute atomic E-state index is 12.9. The van der Waals surface area contributed by atoms with Crippen LogP contribution in [0.3, 0.4) is 0 Å². The predicted octanol–water partition coefficient (Wildman–Crippen LogP) is 3.95. The zero-order valence-corrected chi connectivity index (χ0v) is 28.9. The van der Waals surface area contributed by atoms with E-state index in [2.05, 4.69) is 29.6 Å². The average Bonchev–Trinajstić information content (AvgIpc) is 3.75. The Hall–Kier alpha value is -3.76. The summed E-state index contributed by atoms with van der Waals surface area (Å²) in [5.41, 5.74) is 3.81. The lowest BCUT2D eigenvalue weighted by Gasteiger charge is -2.44. The van der Waals surface area contributed by atoms with Crippen LogP contribution in [0.2, 0.25) is 0 Å². The largest absolute Gasteiger partial charge is 0.340 e. The summed E-state index contributed by atoms with van der Waals surface area (Å²) in [7, 11) is 0. The number of guanidine groups is 2. The molecule has 0 N–H and O–H groups in total. The molecule has 0 bridgehead atoms. The fraction of sp³-hybridized carbons (Fsp3) is 0.579. The fourth-order valence-electron chi connectivity index (χ4n) is 7.66. The molecular formula is C38H52N8O2. The monoisotopic (exact) mass is 652 g/mol. The number of aryl methyl sites for hydroxylation is 2. The highest BCUT2D eigenvalue weighted by Crippen LogP contribution is 2.27. The van der Waals surface area contributed by atoms with Gasteiger partial charge < -0.3 is 9.80 Å². The molecule has 0 radical (unpaired) electrons. The average molecular weight is 653 g/mol. The maximum Gasteiger partial charge on any atom is 0.260 e. The molecule has 4 aliphatic heterocycles. The number of aliphatic imine (C=N–C) groups is 2. The SMILES string of the molecule is Cc1ccc(C(=O)N2CCN=C2N2CCN(C3CCC3)CC2)cc1.Cc1cccc(C(=O)N2CCN=C2N2CCN(C3CCC3)CC2)c1. The fourth-order valence-corrected chi connectivity index (χ4v) is 7.66. The highest BCUT2D eigenvalue weighted by Gasteiger charge is 2.35. The van der Waals surface area contributed by atoms with Crippen LogP contribution in [-0.4, -0.2) is 144 Å². The Morgan fingerprint density at radius 3 is 1.48 bits per heavy atom. The summed E-state index contributed by atoms with van der Waals surface area (Å²) in [6.45, 7) is 15.2. The van der Waals surface area contributed by atoms with Crippen molar-refractivity contribution in [3.05, 3.63) is 70.8 Å². The number of carbonyl (C=O) groups excluding carboxylic acids is 2. The summed E-state index contributed by atoms with van der Waals surface area (Å²) in [5, 5.41) is 0. The van der Waals surface area contributed by atoms with Crippen molar-refractivity contribution >= 4 is 23.7 Å². The standard InChI is InChI=1S/2C19H26N4O/c1-15-4-2-5-16(14-15)18(24)23-9-8-20-19(23)22-12-10-21(11-13-22)17-6-3-7-17;1-15-5-7-16(8-6-15)18(24)23-10-9-20-19(23)22-13-11-21(12-14-22)17-3-2-4-17/h2,4-5,14,17H,3,6-13H2,1H3;5-8,17H,2-4,9-14H2,1H3. The summed E-state index contributed by atoms with van der Waals surface area (Å²) >= 11 is 0. The second-order valence-corrected chi connectivity index (χ2v) is 14.2. The Morgan fingerprint density at radius 2 is 1.04 bits per heavy atom. The van der Waals surface area contributed by atoms with E-state index in [0.717, 1.165) is 106 Å². The normalized spacial score (nSPS) is 22.5. The van der Waals surface area contributed by atoms with E-state index in [4.69, 9.17) is 0 Å². The third-order valence-electron chi connectivity index (χ3n) is 11.1. The topological polar surface area (TPSA) is 78.3 Å². The van der Waals surface area contributed by atoms with E-state index in [9.17, 15) is 9.59 Å². The van der Waals surface area contributed by atoms with E-state index >= 15 is 0 Å². The molecule has 0 atom stereocenters. The third kappa shape index (κ3) is 7.15. The number of nitrogens with zero attached hydrogens (tertiary/aromatic N) is 8. The highest BCUT2D eigenvalue weighted by atomic mass is 16.2. The molecule has 2 aliphatic carbocycles. The van der Waals surface area contributed by atoms with Crippen molar-refractivity contribution in [3.8, 4) is 0 Å². The summed E-state index contributed by atoms with van der Waals surface area (Å²) in [5.74, 6) is 1.92. The Balaban J connectivity index is 0.000000152. The lowest BCUT2D eigenvalue weighted by atomic mass is 9.91. The van der Waals surface area contributed by atoms with Crippen molar-refractivity contribution in [2.75, 3.05) is 78.5 Å². The molecular weight excluding hydrogens is 600 g/mol. The lowest BCUT2D eigenvalue weighted by Crippen LogP contribution is -2.56. The minimum atomic E-state index is 0.0765. The van der Waals surface area contributed by atoms with E-state index < -0.39 is 0 Å². The van der Waals surface area contributed by atoms with Gasteiger partial charge in [0, 0.05) is 88.7 Å². The molecule has 2 saturated heterocycles. The number of amides is 2. The lowest BCUT2D eigenvalue weighted by molar-refractivity contribution is 0.0742. The first-order valence-corrected chi connectivity index (χ1v) is 18.3. The van der Waals surface area contributed by atoms with Crippen LogP contribution < -0.4 is 0 Å². The maximum atomic E-state index is 12.9. The Labute approximate surface area is 286 Å². The van der Waals surface area contributed by atoms with Crippen molar-refractivity contribution < 1.29 is 9.59 Å². The first-order chi connectivity index (χ1) is 23.4. The van der Waals surface area contributed by atoms with Crippen LogP contribution in [0.5, 0.6) is 0 Å². The number of benzene rings is 2. The van der Waals surface area contributed by atoms with Crippen LogP contribution in [0.15, 0.2) is 58.5 Å². The number of carbonyl (C=O) groups is 2. The number of rotatable bonds is 4. The van der Waals surface area contributed by atoms with Crippen molar-refractivity contribution in [2.45, 2.75) is 64.5 Å². The van der Waals surface area contributed by atoms with Crippen LogP contribution >= 0.6 is 0 Å². The van der Waals surface area contributed by atoms with Crippen molar-refractivity contribution in [1.82, 2.24) is 29.4 Å². The van der Waals surface area contributed by atoms with Crippen LogP contribution in [0.25, 0.3) is 0 Å². The number of hydrogen-bond donors (Lipinski definition) is 0. The molecule has 0 aromatic heterocycles. The Bertz CT molecular complexity index is 1500. The molecule has 2 amide bonds. The smallest absolute Gasteiger partial charge is 0.260 e. The Kier molecular flexibility index (Phi) is 10.1. The van der Waals surface area contributed by atoms with E-state index in [1.807, 2.05) is 72.2 Å². The first kappa shape index (κ1) is 32.8. The molecule has 2 saturated carbocycles. The number of piperazine rings is 2. The zero-order chi connectivity index (χ0) is 33.0. The molecule has 6 aliphatic rings. The molecule has 0 unspecified atom stereocenters. The first-order valence-electron chi connectivity index (χ1n) is 18.3. The molecule has 10 nitrogen and oxygen atoms in total. The van der Waals surface area contributed by atoms with E-state index in [1.54, 1.807) is 0 Å². The molecule has 4 fully saturated rings. The molecule has 10 heteroatoms. The van der Waals surface area contributed by atoms with Crippen LogP contribution in [0.1, 0.15) is 70.4 Å². The quantitative estimate of drug-likeness (QED) is 0.498. The van der Waals surface area contributed by atoms with Gasteiger partial charge >= 0.3 is 0 Å². The van der Waals surface area contributed by atoms with Gasteiger partial charge in [0.1, 0.15) is 0 Å². The van der Waals surface area contributed by atoms with Crippen LogP contribution in [0.4, 0.5) is 0 Å². The van der Waals surface area contributed by atoms with Crippen LogP contribution in [-0.2, 0) is 0 Å². The third-order valence-corrected chi connectivity index (χ3v) is 11.1. The van der Waals surface area contributed by atoms with Crippen LogP contribution in [0, 0.1) is 13.8 Å². The van der Waals surface area contributed by atoms with Gasteiger partial charge in [-0.2, -0.15) is 0 Å². The molecule has 256 valence electrons. The second-order valence-electron chi connectivity index (χ2n) is 14.2. The molecule has 48 heavy (non-hydrogen) atoms. The van der Waals surface area contributed by atoms with Gasteiger partial charge in [-0.05, 0) is 63.8 Å². The summed E-state index contributed by atoms with van der Waals surface area (Å²) in [6, 6.07) is 17.3. The molecule has 0 spiro atoms.